The number of thioether (sulfide) groups is 1. The molecule has 7 nitrogen and oxygen atoms in total. The van der Waals surface area contributed by atoms with Gasteiger partial charge in [0.2, 0.25) is 11.8 Å². The molecule has 0 aliphatic carbocycles. The van der Waals surface area contributed by atoms with Crippen LogP contribution in [-0.2, 0) is 9.59 Å². The summed E-state index contributed by atoms with van der Waals surface area (Å²) >= 11 is 1.17. The Morgan fingerprint density at radius 2 is 1.50 bits per heavy atom. The number of aryl methyl sites for hydroxylation is 2. The lowest BCUT2D eigenvalue weighted by molar-refractivity contribution is -0.385. The highest BCUT2D eigenvalue weighted by molar-refractivity contribution is 8.00. The summed E-state index contributed by atoms with van der Waals surface area (Å²) in [5.41, 5.74) is 2.64. The van der Waals surface area contributed by atoms with Crippen molar-refractivity contribution >= 4 is 40.6 Å². The maximum absolute atomic E-state index is 11.9. The molecule has 26 heavy (non-hydrogen) atoms. The number of rotatable bonds is 7. The van der Waals surface area contributed by atoms with Crippen LogP contribution in [0.25, 0.3) is 0 Å². The van der Waals surface area contributed by atoms with Crippen LogP contribution >= 0.6 is 11.8 Å². The molecule has 0 radical (unpaired) electrons. The number of nitro benzene ring substituents is 1. The minimum Gasteiger partial charge on any atom is -0.325 e. The molecule has 0 spiro atoms. The third-order valence-electron chi connectivity index (χ3n) is 3.49. The van der Waals surface area contributed by atoms with Crippen LogP contribution in [0.2, 0.25) is 0 Å². The number of nitro groups is 1. The summed E-state index contributed by atoms with van der Waals surface area (Å²) in [5, 5.41) is 16.3. The van der Waals surface area contributed by atoms with Gasteiger partial charge >= 0.3 is 0 Å². The first kappa shape index (κ1) is 19.5. The average Bonchev–Trinajstić information content (AvgIpc) is 2.58. The Morgan fingerprint density at radius 3 is 2.08 bits per heavy atom. The molecule has 0 aliphatic heterocycles. The number of hydrogen-bond donors (Lipinski definition) is 2. The van der Waals surface area contributed by atoms with Crippen molar-refractivity contribution in [2.75, 3.05) is 22.1 Å². The summed E-state index contributed by atoms with van der Waals surface area (Å²) in [4.78, 5) is 34.2. The first-order valence-corrected chi connectivity index (χ1v) is 9.00. The van der Waals surface area contributed by atoms with Gasteiger partial charge in [0.15, 0.2) is 0 Å². The molecule has 0 atom stereocenters. The zero-order valence-electron chi connectivity index (χ0n) is 14.4. The van der Waals surface area contributed by atoms with E-state index in [1.165, 1.54) is 17.8 Å². The first-order valence-electron chi connectivity index (χ1n) is 7.84. The van der Waals surface area contributed by atoms with E-state index in [9.17, 15) is 19.7 Å². The molecule has 0 saturated carbocycles. The Hall–Kier alpha value is -2.87. The fourth-order valence-electron chi connectivity index (χ4n) is 2.15. The molecule has 0 heterocycles. The van der Waals surface area contributed by atoms with E-state index in [4.69, 9.17) is 0 Å². The van der Waals surface area contributed by atoms with Crippen LogP contribution in [0.4, 0.5) is 17.1 Å². The molecule has 0 saturated heterocycles. The quantitative estimate of drug-likeness (QED) is 0.571. The van der Waals surface area contributed by atoms with Gasteiger partial charge in [-0.1, -0.05) is 23.8 Å². The Bertz CT molecular complexity index is 822. The smallest absolute Gasteiger partial charge is 0.274 e. The van der Waals surface area contributed by atoms with E-state index < -0.39 is 4.92 Å². The highest BCUT2D eigenvalue weighted by Gasteiger charge is 2.12. The summed E-state index contributed by atoms with van der Waals surface area (Å²) in [7, 11) is 0. The molecule has 136 valence electrons. The van der Waals surface area contributed by atoms with E-state index in [-0.39, 0.29) is 29.0 Å². The fraction of sp³-hybridized carbons (Fsp3) is 0.222. The zero-order valence-corrected chi connectivity index (χ0v) is 15.3. The standard InChI is InChI=1S/C18H19N3O4S/c1-12-3-6-14(7-4-12)19-17(22)10-26-11-18(23)20-15-8-5-13(2)16(9-15)21(24)25/h3-9H,10-11H2,1-2H3,(H,19,22)(H,20,23). The van der Waals surface area contributed by atoms with Crippen molar-refractivity contribution in [1.29, 1.82) is 0 Å². The lowest BCUT2D eigenvalue weighted by Crippen LogP contribution is -2.18. The zero-order chi connectivity index (χ0) is 19.1. The van der Waals surface area contributed by atoms with Crippen molar-refractivity contribution in [2.45, 2.75) is 13.8 Å². The fourth-order valence-corrected chi connectivity index (χ4v) is 2.77. The Kier molecular flexibility index (Phi) is 6.74. The van der Waals surface area contributed by atoms with Crippen LogP contribution in [-0.4, -0.2) is 28.2 Å². The second-order valence-corrected chi connectivity index (χ2v) is 6.70. The van der Waals surface area contributed by atoms with Crippen molar-refractivity contribution in [1.82, 2.24) is 0 Å². The van der Waals surface area contributed by atoms with E-state index in [2.05, 4.69) is 10.6 Å². The number of nitrogens with zero attached hydrogens (tertiary/aromatic N) is 1. The van der Waals surface area contributed by atoms with Crippen molar-refractivity contribution in [2.24, 2.45) is 0 Å². The van der Waals surface area contributed by atoms with Crippen LogP contribution in [0.3, 0.4) is 0 Å². The number of hydrogen-bond acceptors (Lipinski definition) is 5. The molecule has 2 aromatic rings. The number of amides is 2. The summed E-state index contributed by atoms with van der Waals surface area (Å²) in [6.45, 7) is 3.59. The van der Waals surface area contributed by atoms with Gasteiger partial charge in [-0.3, -0.25) is 19.7 Å². The van der Waals surface area contributed by atoms with Crippen LogP contribution in [0.15, 0.2) is 42.5 Å². The molecule has 8 heteroatoms. The summed E-state index contributed by atoms with van der Waals surface area (Å²) in [6, 6.07) is 11.9. The normalized spacial score (nSPS) is 10.2. The van der Waals surface area contributed by atoms with Crippen LogP contribution in [0.5, 0.6) is 0 Å². The Morgan fingerprint density at radius 1 is 0.962 bits per heavy atom. The Balaban J connectivity index is 1.78. The average molecular weight is 373 g/mol. The van der Waals surface area contributed by atoms with Crippen molar-refractivity contribution in [3.05, 3.63) is 63.7 Å². The van der Waals surface area contributed by atoms with E-state index in [0.29, 0.717) is 16.9 Å². The van der Waals surface area contributed by atoms with Gasteiger partial charge in [0, 0.05) is 23.0 Å². The molecule has 2 amide bonds. The molecule has 0 fully saturated rings. The SMILES string of the molecule is Cc1ccc(NC(=O)CSCC(=O)Nc2ccc(C)c([N+](=O)[O-])c2)cc1. The topological polar surface area (TPSA) is 101 Å². The van der Waals surface area contributed by atoms with Crippen LogP contribution in [0.1, 0.15) is 11.1 Å². The molecular weight excluding hydrogens is 354 g/mol. The van der Waals surface area contributed by atoms with Gasteiger partial charge < -0.3 is 10.6 Å². The highest BCUT2D eigenvalue weighted by Crippen LogP contribution is 2.22. The van der Waals surface area contributed by atoms with Gasteiger partial charge in [-0.2, -0.15) is 0 Å². The van der Waals surface area contributed by atoms with Crippen molar-refractivity contribution in [3.8, 4) is 0 Å². The minimum absolute atomic E-state index is 0.0482. The lowest BCUT2D eigenvalue weighted by Gasteiger charge is -2.07. The highest BCUT2D eigenvalue weighted by atomic mass is 32.2. The lowest BCUT2D eigenvalue weighted by atomic mass is 10.2. The maximum Gasteiger partial charge on any atom is 0.274 e. The minimum atomic E-state index is -0.491. The number of carbonyl (C=O) groups is 2. The second-order valence-electron chi connectivity index (χ2n) is 5.71. The Labute approximate surface area is 155 Å². The number of carbonyl (C=O) groups excluding carboxylic acids is 2. The van der Waals surface area contributed by atoms with Gasteiger partial charge in [0.25, 0.3) is 5.69 Å². The molecule has 0 unspecified atom stereocenters. The van der Waals surface area contributed by atoms with Gasteiger partial charge in [-0.25, -0.2) is 0 Å². The van der Waals surface area contributed by atoms with Gasteiger partial charge in [-0.05, 0) is 32.0 Å². The summed E-state index contributed by atoms with van der Waals surface area (Å²) in [5.74, 6) is -0.313. The predicted molar refractivity (Wildman–Crippen MR) is 104 cm³/mol. The molecule has 2 aromatic carbocycles. The number of benzene rings is 2. The predicted octanol–water partition coefficient (Wildman–Crippen LogP) is 3.52. The number of anilines is 2. The third kappa shape index (κ3) is 5.89. The molecule has 0 bridgehead atoms. The largest absolute Gasteiger partial charge is 0.325 e. The summed E-state index contributed by atoms with van der Waals surface area (Å²) < 4.78 is 0. The van der Waals surface area contributed by atoms with Crippen molar-refractivity contribution in [3.63, 3.8) is 0 Å². The number of nitrogens with one attached hydrogen (secondary N) is 2. The van der Waals surface area contributed by atoms with Gasteiger partial charge in [0.05, 0.1) is 16.4 Å². The maximum atomic E-state index is 11.9. The van der Waals surface area contributed by atoms with Crippen molar-refractivity contribution < 1.29 is 14.5 Å². The van der Waals surface area contributed by atoms with Crippen LogP contribution in [0, 0.1) is 24.0 Å². The third-order valence-corrected chi connectivity index (χ3v) is 4.42. The first-order chi connectivity index (χ1) is 12.3. The van der Waals surface area contributed by atoms with E-state index in [1.54, 1.807) is 19.1 Å². The van der Waals surface area contributed by atoms with E-state index in [1.807, 2.05) is 31.2 Å². The molecule has 0 aromatic heterocycles. The van der Waals surface area contributed by atoms with E-state index >= 15 is 0 Å². The second kappa shape index (κ2) is 9.00. The molecule has 2 rings (SSSR count). The van der Waals surface area contributed by atoms with Crippen LogP contribution < -0.4 is 10.6 Å². The molecular formula is C18H19N3O4S. The molecule has 2 N–H and O–H groups in total. The summed E-state index contributed by atoms with van der Waals surface area (Å²) in [6.07, 6.45) is 0. The van der Waals surface area contributed by atoms with Gasteiger partial charge in [0.1, 0.15) is 0 Å². The molecule has 0 aliphatic rings. The van der Waals surface area contributed by atoms with E-state index in [0.717, 1.165) is 5.56 Å². The van der Waals surface area contributed by atoms with Gasteiger partial charge in [-0.15, -0.1) is 11.8 Å². The monoisotopic (exact) mass is 373 g/mol.